The standard InChI is InChI=1S/C38H63FN10O14P2Si2/c1-20(2)34(51)47-38-46-33-29(35(52)48-38)44-19-49(33)36-32(31(27(15-50)59-36)62-67(23(7)8,24(9)10)63-66(56,21(3)4)22(5)6)61-65(55,57-13-11-12-40)58-16-25-14-26(28(39)30(25)60-64(53)54)45-37-42-17-41-18-43-37/h17-28,30-32,36,50,56,64H,11,13-16H2,1-10H3,(H,53,54)(H,41,42,43,45)(H2,46,47,48,51,52)/t25-,26-,27-,28+,30-,31-,32-,36-,65?/m1/s1. The number of rotatable bonds is 24. The van der Waals surface area contributed by atoms with E-state index in [-0.39, 0.29) is 58.1 Å². The Hall–Kier alpha value is -3.46. The number of aromatic nitrogens is 7. The van der Waals surface area contributed by atoms with Gasteiger partial charge >= 0.3 is 33.2 Å². The average molecular weight is 1020 g/mol. The van der Waals surface area contributed by atoms with Gasteiger partial charge in [0, 0.05) is 11.8 Å². The number of anilines is 2. The minimum atomic E-state index is -5.03. The molecule has 2 fully saturated rings. The maximum Gasteiger partial charge on any atom is 0.475 e. The Morgan fingerprint density at radius 2 is 1.72 bits per heavy atom. The summed E-state index contributed by atoms with van der Waals surface area (Å²) >= 11 is 0. The highest BCUT2D eigenvalue weighted by molar-refractivity contribution is 7.48. The zero-order chi connectivity index (χ0) is 49.6. The highest BCUT2D eigenvalue weighted by Crippen LogP contribution is 2.56. The molecule has 0 spiro atoms. The second-order valence-corrected chi connectivity index (χ2v) is 29.0. The average Bonchev–Trinajstić information content (AvgIpc) is 3.92. The molecule has 24 nitrogen and oxygen atoms in total. The Labute approximate surface area is 390 Å². The number of aromatic amines is 1. The number of alkyl halides is 1. The minimum absolute atomic E-state index is 0.0115. The van der Waals surface area contributed by atoms with Crippen LogP contribution in [0.4, 0.5) is 16.3 Å². The first-order chi connectivity index (χ1) is 31.5. The van der Waals surface area contributed by atoms with Crippen molar-refractivity contribution in [1.29, 1.82) is 5.26 Å². The first-order valence-electron chi connectivity index (χ1n) is 22.0. The van der Waals surface area contributed by atoms with Gasteiger partial charge in [0.25, 0.3) is 5.56 Å². The van der Waals surface area contributed by atoms with Crippen molar-refractivity contribution in [3.8, 4) is 6.07 Å². The van der Waals surface area contributed by atoms with Gasteiger partial charge in [-0.2, -0.15) is 10.2 Å². The number of imidazole rings is 1. The van der Waals surface area contributed by atoms with Gasteiger partial charge in [0.1, 0.15) is 43.2 Å². The number of nitrogens with zero attached hydrogens (tertiary/aromatic N) is 7. The van der Waals surface area contributed by atoms with Gasteiger partial charge in [0.15, 0.2) is 17.4 Å². The largest absolute Gasteiger partial charge is 0.475 e. The summed E-state index contributed by atoms with van der Waals surface area (Å²) in [6, 6.07) is 0.809. The van der Waals surface area contributed by atoms with Crippen molar-refractivity contribution in [2.75, 3.05) is 30.5 Å². The number of amides is 1. The molecule has 4 heterocycles. The fraction of sp³-hybridized carbons (Fsp3) is 0.737. The van der Waals surface area contributed by atoms with Crippen molar-refractivity contribution in [3.63, 3.8) is 0 Å². The molecule has 1 aliphatic heterocycles. The van der Waals surface area contributed by atoms with Crippen LogP contribution in [0.2, 0.25) is 22.2 Å². The van der Waals surface area contributed by atoms with E-state index in [0.29, 0.717) is 0 Å². The van der Waals surface area contributed by atoms with E-state index in [2.05, 4.69) is 40.5 Å². The van der Waals surface area contributed by atoms with Crippen molar-refractivity contribution in [2.45, 2.75) is 147 Å². The lowest BCUT2D eigenvalue weighted by molar-refractivity contribution is -0.118. The van der Waals surface area contributed by atoms with Gasteiger partial charge in [-0.25, -0.2) is 28.9 Å². The Morgan fingerprint density at radius 1 is 1.06 bits per heavy atom. The van der Waals surface area contributed by atoms with Gasteiger partial charge < -0.3 is 37.9 Å². The summed E-state index contributed by atoms with van der Waals surface area (Å²) in [7, 11) is -16.1. The summed E-state index contributed by atoms with van der Waals surface area (Å²) in [6.45, 7) is 16.4. The molecule has 3 aromatic heterocycles. The van der Waals surface area contributed by atoms with Gasteiger partial charge in [0.05, 0.1) is 44.7 Å². The van der Waals surface area contributed by atoms with Crippen molar-refractivity contribution in [3.05, 3.63) is 29.3 Å². The van der Waals surface area contributed by atoms with E-state index >= 15 is 8.96 Å². The van der Waals surface area contributed by atoms with Gasteiger partial charge in [-0.15, -0.1) is 0 Å². The van der Waals surface area contributed by atoms with Crippen LogP contribution in [0.1, 0.15) is 88.3 Å². The summed E-state index contributed by atoms with van der Waals surface area (Å²) in [5.41, 5.74) is -2.41. The van der Waals surface area contributed by atoms with E-state index < -0.39 is 119 Å². The van der Waals surface area contributed by atoms with Crippen LogP contribution in [0.5, 0.6) is 0 Å². The minimum Gasteiger partial charge on any atom is -0.414 e. The smallest absolute Gasteiger partial charge is 0.414 e. The number of halogens is 1. The molecule has 0 radical (unpaired) electrons. The SMILES string of the molecule is CC(C)C(=O)Nc1nc2c(ncn2[C@@H]2O[C@H](CO)[C@@H](O[Si](O[Si](O)(C(C)C)C(C)C)(C(C)C)C(C)C)[C@H]2OP(=O)(OCCC#N)OC[C@H]2C[C@@H](Nc3ncncn3)[C@H](F)[C@@H]2O[PH](=O)O)c(=O)[nH]1. The van der Waals surface area contributed by atoms with Crippen LogP contribution < -0.4 is 16.2 Å². The number of nitriles is 1. The third-order valence-corrected chi connectivity index (χ3v) is 23.5. The lowest BCUT2D eigenvalue weighted by Crippen LogP contribution is -2.62. The van der Waals surface area contributed by atoms with E-state index in [1.165, 1.54) is 23.5 Å². The summed E-state index contributed by atoms with van der Waals surface area (Å²) in [6.07, 6.45) is -6.23. The van der Waals surface area contributed by atoms with E-state index in [1.807, 2.05) is 61.5 Å². The number of carbonyl (C=O) groups is 1. The Bertz CT molecular complexity index is 2300. The Kier molecular flexibility index (Phi) is 18.7. The van der Waals surface area contributed by atoms with E-state index in [9.17, 15) is 34.2 Å². The Balaban J connectivity index is 1.64. The quantitative estimate of drug-likeness (QED) is 0.0400. The van der Waals surface area contributed by atoms with Crippen LogP contribution >= 0.6 is 16.1 Å². The number of aliphatic hydroxyl groups is 1. The number of ether oxygens (including phenoxy) is 1. The van der Waals surface area contributed by atoms with Crippen molar-refractivity contribution in [1.82, 2.24) is 34.5 Å². The molecule has 3 aromatic rings. The molecule has 2 unspecified atom stereocenters. The van der Waals surface area contributed by atoms with E-state index in [1.54, 1.807) is 13.8 Å². The molecule has 0 bridgehead atoms. The predicted molar refractivity (Wildman–Crippen MR) is 244 cm³/mol. The lowest BCUT2D eigenvalue weighted by Gasteiger charge is -2.47. The molecule has 374 valence electrons. The highest BCUT2D eigenvalue weighted by Gasteiger charge is 2.60. The van der Waals surface area contributed by atoms with E-state index in [4.69, 9.17) is 31.4 Å². The highest BCUT2D eigenvalue weighted by atomic mass is 31.2. The van der Waals surface area contributed by atoms with Crippen molar-refractivity contribution in [2.24, 2.45) is 11.8 Å². The zero-order valence-corrected chi connectivity index (χ0v) is 43.0. The number of fused-ring (bicyclic) bond motifs is 1. The normalized spacial score (nSPS) is 25.1. The molecule has 6 N–H and O–H groups in total. The van der Waals surface area contributed by atoms with Crippen molar-refractivity contribution < 1.29 is 64.5 Å². The van der Waals surface area contributed by atoms with Crippen LogP contribution in [0.15, 0.2) is 23.8 Å². The second kappa shape index (κ2) is 23.0. The molecule has 5 rings (SSSR count). The number of nitrogens with one attached hydrogen (secondary N) is 3. The van der Waals surface area contributed by atoms with Crippen LogP contribution in [0, 0.1) is 23.2 Å². The van der Waals surface area contributed by atoms with E-state index in [0.717, 1.165) is 0 Å². The lowest BCUT2D eigenvalue weighted by atomic mass is 10.1. The fourth-order valence-electron chi connectivity index (χ4n) is 8.11. The third kappa shape index (κ3) is 12.5. The first kappa shape index (κ1) is 54.5. The molecule has 1 saturated carbocycles. The Morgan fingerprint density at radius 3 is 2.28 bits per heavy atom. The molecule has 1 saturated heterocycles. The number of carbonyl (C=O) groups excluding carboxylic acids is 1. The molecule has 0 aromatic carbocycles. The number of phosphoric acid groups is 1. The fourth-order valence-corrected chi connectivity index (χ4v) is 20.0. The summed E-state index contributed by atoms with van der Waals surface area (Å²) in [4.78, 5) is 71.0. The van der Waals surface area contributed by atoms with Crippen LogP contribution in [-0.4, -0.2) is 129 Å². The maximum absolute atomic E-state index is 16.0. The molecule has 1 amide bonds. The van der Waals surface area contributed by atoms with Gasteiger partial charge in [-0.3, -0.25) is 42.6 Å². The summed E-state index contributed by atoms with van der Waals surface area (Å²) < 4.78 is 88.4. The third-order valence-electron chi connectivity index (χ3n) is 11.8. The molecular formula is C38H63FN10O14P2Si2. The molecule has 67 heavy (non-hydrogen) atoms. The van der Waals surface area contributed by atoms with Crippen molar-refractivity contribution >= 4 is 62.2 Å². The molecule has 29 heteroatoms. The van der Waals surface area contributed by atoms with Gasteiger partial charge in [-0.05, 0) is 28.6 Å². The number of hydrogen-bond donors (Lipinski definition) is 6. The summed E-state index contributed by atoms with van der Waals surface area (Å²) in [5.74, 6) is -2.24. The second-order valence-electron chi connectivity index (χ2n) is 18.0. The van der Waals surface area contributed by atoms with Crippen LogP contribution in [0.25, 0.3) is 11.2 Å². The molecule has 2 aliphatic rings. The van der Waals surface area contributed by atoms with Gasteiger partial charge in [0.2, 0.25) is 17.8 Å². The number of hydrogen-bond acceptors (Lipinski definition) is 20. The number of aliphatic hydroxyl groups excluding tert-OH is 1. The van der Waals surface area contributed by atoms with Gasteiger partial charge in [-0.1, -0.05) is 69.2 Å². The monoisotopic (exact) mass is 1020 g/mol. The molecular weight excluding hydrogens is 958 g/mol. The zero-order valence-electron chi connectivity index (χ0n) is 39.1. The molecule has 1 aliphatic carbocycles. The van der Waals surface area contributed by atoms with Crippen LogP contribution in [-0.2, 0) is 45.3 Å². The number of H-pyrrole nitrogens is 1. The maximum atomic E-state index is 16.0. The van der Waals surface area contributed by atoms with Crippen LogP contribution in [0.3, 0.4) is 0 Å². The first-order valence-corrected chi connectivity index (χ1v) is 28.7. The summed E-state index contributed by atoms with van der Waals surface area (Å²) in [5, 5.41) is 25.9. The number of phosphoric ester groups is 1. The molecule has 10 atom stereocenters. The predicted octanol–water partition coefficient (Wildman–Crippen LogP) is 4.75. The topological polar surface area (TPSA) is 327 Å².